The topological polar surface area (TPSA) is 23.1 Å². The third-order valence-corrected chi connectivity index (χ3v) is 4.95. The van der Waals surface area contributed by atoms with Gasteiger partial charge in [0, 0.05) is 5.75 Å². The SMILES string of the molecule is C=CC[S+]([O-])C/C=C/SSCCCCC. The minimum atomic E-state index is -0.758. The molecule has 0 aromatic rings. The van der Waals surface area contributed by atoms with Gasteiger partial charge >= 0.3 is 0 Å². The zero-order valence-corrected chi connectivity index (χ0v) is 11.8. The third kappa shape index (κ3) is 12.4. The molecule has 4 heteroatoms. The summed E-state index contributed by atoms with van der Waals surface area (Å²) in [6.45, 7) is 5.78. The van der Waals surface area contributed by atoms with E-state index >= 15 is 0 Å². The highest BCUT2D eigenvalue weighted by Crippen LogP contribution is 2.23. The predicted molar refractivity (Wildman–Crippen MR) is 76.8 cm³/mol. The number of rotatable bonds is 10. The molecule has 0 spiro atoms. The van der Waals surface area contributed by atoms with Gasteiger partial charge in [0.1, 0.15) is 11.5 Å². The molecule has 1 atom stereocenters. The van der Waals surface area contributed by atoms with Crippen LogP contribution in [0.2, 0.25) is 0 Å². The summed E-state index contributed by atoms with van der Waals surface area (Å²) in [6.07, 6.45) is 7.58. The fraction of sp³-hybridized carbons (Fsp3) is 0.636. The van der Waals surface area contributed by atoms with Crippen LogP contribution in [0, 0.1) is 0 Å². The Bertz CT molecular complexity index is 171. The minimum absolute atomic E-state index is 0.596. The molecule has 0 aliphatic carbocycles. The van der Waals surface area contributed by atoms with E-state index in [1.807, 2.05) is 22.3 Å². The van der Waals surface area contributed by atoms with Gasteiger partial charge in [-0.3, -0.25) is 0 Å². The molecule has 0 saturated carbocycles. The van der Waals surface area contributed by atoms with Crippen LogP contribution in [0.25, 0.3) is 0 Å². The first kappa shape index (κ1) is 15.5. The van der Waals surface area contributed by atoms with Crippen LogP contribution in [0.3, 0.4) is 0 Å². The number of hydrogen-bond acceptors (Lipinski definition) is 3. The molecule has 0 rings (SSSR count). The van der Waals surface area contributed by atoms with Crippen LogP contribution in [0.5, 0.6) is 0 Å². The molecule has 0 amide bonds. The van der Waals surface area contributed by atoms with Gasteiger partial charge in [0.05, 0.1) is 0 Å². The minimum Gasteiger partial charge on any atom is -0.616 e. The van der Waals surface area contributed by atoms with Crippen LogP contribution in [0.1, 0.15) is 26.2 Å². The van der Waals surface area contributed by atoms with Crippen molar-refractivity contribution in [3.63, 3.8) is 0 Å². The Labute approximate surface area is 105 Å². The molecule has 0 saturated heterocycles. The average Bonchev–Trinajstić information content (AvgIpc) is 2.22. The Morgan fingerprint density at radius 3 is 2.80 bits per heavy atom. The van der Waals surface area contributed by atoms with Crippen molar-refractivity contribution in [1.82, 2.24) is 0 Å². The molecule has 0 aromatic heterocycles. The summed E-state index contributed by atoms with van der Waals surface area (Å²) < 4.78 is 11.2. The Morgan fingerprint density at radius 2 is 2.13 bits per heavy atom. The van der Waals surface area contributed by atoms with Gasteiger partial charge in [0.15, 0.2) is 0 Å². The van der Waals surface area contributed by atoms with Crippen molar-refractivity contribution in [3.8, 4) is 0 Å². The summed E-state index contributed by atoms with van der Waals surface area (Å²) in [5.41, 5.74) is 0. The molecular formula is C11H20OS3. The quantitative estimate of drug-likeness (QED) is 0.258. The Hall–Kier alpha value is 0.490. The Balaban J connectivity index is 3.20. The lowest BCUT2D eigenvalue weighted by Crippen LogP contribution is -2.06. The van der Waals surface area contributed by atoms with Crippen molar-refractivity contribution >= 4 is 32.8 Å². The van der Waals surface area contributed by atoms with Gasteiger partial charge in [-0.25, -0.2) is 0 Å². The summed E-state index contributed by atoms with van der Waals surface area (Å²) >= 11 is -0.758. The largest absolute Gasteiger partial charge is 0.616 e. The van der Waals surface area contributed by atoms with Crippen LogP contribution < -0.4 is 0 Å². The number of unbranched alkanes of at least 4 members (excludes halogenated alkanes) is 2. The normalized spacial score (nSPS) is 13.2. The maximum absolute atomic E-state index is 11.2. The molecular weight excluding hydrogens is 244 g/mol. The van der Waals surface area contributed by atoms with Crippen LogP contribution in [0.4, 0.5) is 0 Å². The molecule has 1 unspecified atom stereocenters. The average molecular weight is 264 g/mol. The van der Waals surface area contributed by atoms with E-state index < -0.39 is 11.2 Å². The third-order valence-electron chi connectivity index (χ3n) is 1.64. The van der Waals surface area contributed by atoms with Gasteiger partial charge in [-0.2, -0.15) is 0 Å². The molecule has 0 fully saturated rings. The van der Waals surface area contributed by atoms with Crippen LogP contribution >= 0.6 is 21.6 Å². The van der Waals surface area contributed by atoms with Crippen molar-refractivity contribution < 1.29 is 4.55 Å². The van der Waals surface area contributed by atoms with E-state index in [-0.39, 0.29) is 0 Å². The highest BCUT2D eigenvalue weighted by molar-refractivity contribution is 8.77. The second kappa shape index (κ2) is 12.6. The molecule has 0 aliphatic heterocycles. The van der Waals surface area contributed by atoms with Gasteiger partial charge in [-0.1, -0.05) is 47.9 Å². The Morgan fingerprint density at radius 1 is 1.33 bits per heavy atom. The maximum atomic E-state index is 11.2. The zero-order valence-electron chi connectivity index (χ0n) is 9.31. The second-order valence-electron chi connectivity index (χ2n) is 3.06. The highest BCUT2D eigenvalue weighted by atomic mass is 33.1. The molecule has 0 aromatic carbocycles. The highest BCUT2D eigenvalue weighted by Gasteiger charge is 1.97. The molecule has 0 aliphatic rings. The number of hydrogen-bond donors (Lipinski definition) is 0. The fourth-order valence-corrected chi connectivity index (χ4v) is 3.50. The predicted octanol–water partition coefficient (Wildman–Crippen LogP) is 4.01. The lowest BCUT2D eigenvalue weighted by atomic mass is 10.3. The van der Waals surface area contributed by atoms with Crippen molar-refractivity contribution in [2.24, 2.45) is 0 Å². The maximum Gasteiger partial charge on any atom is 0.124 e. The van der Waals surface area contributed by atoms with E-state index in [0.717, 1.165) is 0 Å². The summed E-state index contributed by atoms with van der Waals surface area (Å²) in [6, 6.07) is 0. The second-order valence-corrected chi connectivity index (χ2v) is 7.00. The molecule has 0 bridgehead atoms. The van der Waals surface area contributed by atoms with Gasteiger partial charge in [-0.05, 0) is 35.2 Å². The van der Waals surface area contributed by atoms with Crippen molar-refractivity contribution in [2.75, 3.05) is 17.3 Å². The van der Waals surface area contributed by atoms with E-state index in [2.05, 4.69) is 13.5 Å². The molecule has 15 heavy (non-hydrogen) atoms. The van der Waals surface area contributed by atoms with E-state index in [4.69, 9.17) is 0 Å². The first-order chi connectivity index (χ1) is 7.31. The van der Waals surface area contributed by atoms with Gasteiger partial charge < -0.3 is 4.55 Å². The monoisotopic (exact) mass is 264 g/mol. The molecule has 0 radical (unpaired) electrons. The molecule has 0 heterocycles. The van der Waals surface area contributed by atoms with Crippen LogP contribution in [0.15, 0.2) is 24.1 Å². The fourth-order valence-electron chi connectivity index (χ4n) is 0.884. The van der Waals surface area contributed by atoms with Crippen LogP contribution in [-0.4, -0.2) is 21.8 Å². The smallest absolute Gasteiger partial charge is 0.124 e. The first-order valence-corrected chi connectivity index (χ1v) is 9.07. The summed E-state index contributed by atoms with van der Waals surface area (Å²) in [5, 5.41) is 2.04. The Kier molecular flexibility index (Phi) is 13.0. The summed E-state index contributed by atoms with van der Waals surface area (Å²) in [4.78, 5) is 0. The lowest BCUT2D eigenvalue weighted by Gasteiger charge is -2.04. The zero-order chi connectivity index (χ0) is 11.4. The van der Waals surface area contributed by atoms with Gasteiger partial charge in [0.2, 0.25) is 0 Å². The lowest BCUT2D eigenvalue weighted by molar-refractivity contribution is 0.601. The molecule has 1 nitrogen and oxygen atoms in total. The molecule has 0 N–H and O–H groups in total. The van der Waals surface area contributed by atoms with E-state index in [0.29, 0.717) is 11.5 Å². The van der Waals surface area contributed by atoms with Crippen molar-refractivity contribution in [2.45, 2.75) is 26.2 Å². The molecule has 88 valence electrons. The van der Waals surface area contributed by atoms with Crippen LogP contribution in [-0.2, 0) is 11.2 Å². The van der Waals surface area contributed by atoms with Gasteiger partial charge in [0.25, 0.3) is 0 Å². The van der Waals surface area contributed by atoms with E-state index in [1.54, 1.807) is 16.9 Å². The standard InChI is InChI=1S/C11H20OS3/c1-3-5-6-8-13-14-9-7-11-15(12)10-4-2/h4,7,9H,2-3,5-6,8,10-11H2,1H3/b9-7+. The van der Waals surface area contributed by atoms with E-state index in [1.165, 1.54) is 25.0 Å². The van der Waals surface area contributed by atoms with Crippen molar-refractivity contribution in [1.29, 1.82) is 0 Å². The summed E-state index contributed by atoms with van der Waals surface area (Å²) in [5.74, 6) is 2.45. The van der Waals surface area contributed by atoms with Gasteiger partial charge in [-0.15, -0.1) is 0 Å². The van der Waals surface area contributed by atoms with E-state index in [9.17, 15) is 4.55 Å². The summed E-state index contributed by atoms with van der Waals surface area (Å²) in [7, 11) is 3.61. The first-order valence-electron chi connectivity index (χ1n) is 5.20. The van der Waals surface area contributed by atoms with Crippen molar-refractivity contribution in [3.05, 3.63) is 24.1 Å².